The molecule has 3 heterocycles. The first-order chi connectivity index (χ1) is 12.2. The van der Waals surface area contributed by atoms with Gasteiger partial charge >= 0.3 is 5.69 Å². The third-order valence-electron chi connectivity index (χ3n) is 4.84. The molecule has 0 N–H and O–H groups in total. The third-order valence-corrected chi connectivity index (χ3v) is 4.84. The van der Waals surface area contributed by atoms with Gasteiger partial charge in [-0.2, -0.15) is 4.68 Å². The summed E-state index contributed by atoms with van der Waals surface area (Å²) in [5.41, 5.74) is 2.34. The lowest BCUT2D eigenvalue weighted by Crippen LogP contribution is -2.29. The van der Waals surface area contributed by atoms with Crippen LogP contribution in [0.5, 0.6) is 5.75 Å². The number of fused-ring (bicyclic) bond motifs is 1. The molecule has 0 radical (unpaired) electrons. The predicted molar refractivity (Wildman–Crippen MR) is 94.4 cm³/mol. The van der Waals surface area contributed by atoms with Crippen molar-refractivity contribution in [3.8, 4) is 11.6 Å². The van der Waals surface area contributed by atoms with Gasteiger partial charge < -0.3 is 4.74 Å². The highest BCUT2D eigenvalue weighted by atomic mass is 16.5. The molecule has 0 saturated heterocycles. The molecule has 0 aliphatic carbocycles. The molecule has 3 aromatic rings. The fourth-order valence-electron chi connectivity index (χ4n) is 3.54. The van der Waals surface area contributed by atoms with Crippen LogP contribution in [0.1, 0.15) is 29.3 Å². The van der Waals surface area contributed by atoms with Crippen molar-refractivity contribution >= 4 is 0 Å². The van der Waals surface area contributed by atoms with Crippen LogP contribution in [-0.4, -0.2) is 26.4 Å². The van der Waals surface area contributed by atoms with Crippen LogP contribution in [0.15, 0.2) is 47.4 Å². The van der Waals surface area contributed by atoms with Gasteiger partial charge in [-0.15, -0.1) is 5.10 Å². The molecule has 25 heavy (non-hydrogen) atoms. The Bertz CT molecular complexity index is 959. The Hall–Kier alpha value is -2.89. The van der Waals surface area contributed by atoms with E-state index in [1.165, 1.54) is 15.8 Å². The van der Waals surface area contributed by atoms with E-state index in [2.05, 4.69) is 23.1 Å². The number of nitrogens with zero attached hydrogens (tertiary/aromatic N) is 4. The quantitative estimate of drug-likeness (QED) is 0.737. The molecule has 1 aliphatic rings. The van der Waals surface area contributed by atoms with Gasteiger partial charge in [-0.25, -0.2) is 9.78 Å². The zero-order valence-electron chi connectivity index (χ0n) is 14.3. The number of pyridine rings is 1. The van der Waals surface area contributed by atoms with Gasteiger partial charge in [-0.1, -0.05) is 12.1 Å². The van der Waals surface area contributed by atoms with Crippen molar-refractivity contribution in [1.82, 2.24) is 19.3 Å². The van der Waals surface area contributed by atoms with Gasteiger partial charge in [0.1, 0.15) is 11.6 Å². The van der Waals surface area contributed by atoms with E-state index in [1.54, 1.807) is 23.9 Å². The monoisotopic (exact) mass is 336 g/mol. The Balaban J connectivity index is 1.68. The molecular formula is C19H20N4O2. The molecule has 0 fully saturated rings. The van der Waals surface area contributed by atoms with Crippen LogP contribution >= 0.6 is 0 Å². The topological polar surface area (TPSA) is 61.9 Å². The maximum atomic E-state index is 12.8. The van der Waals surface area contributed by atoms with Gasteiger partial charge in [0.2, 0.25) is 0 Å². The summed E-state index contributed by atoms with van der Waals surface area (Å²) >= 11 is 0. The number of hydrogen-bond donors (Lipinski definition) is 0. The van der Waals surface area contributed by atoms with Crippen LogP contribution in [0.4, 0.5) is 0 Å². The lowest BCUT2D eigenvalue weighted by Gasteiger charge is -2.24. The van der Waals surface area contributed by atoms with E-state index >= 15 is 0 Å². The third kappa shape index (κ3) is 2.73. The van der Waals surface area contributed by atoms with Gasteiger partial charge in [-0.3, -0.25) is 4.57 Å². The molecule has 2 aromatic heterocycles. The summed E-state index contributed by atoms with van der Waals surface area (Å²) in [6, 6.07) is 11.6. The van der Waals surface area contributed by atoms with E-state index in [0.29, 0.717) is 18.3 Å². The maximum Gasteiger partial charge on any atom is 0.352 e. The predicted octanol–water partition coefficient (Wildman–Crippen LogP) is 2.48. The highest BCUT2D eigenvalue weighted by molar-refractivity contribution is 5.37. The normalized spacial score (nSPS) is 16.5. The molecule has 0 bridgehead atoms. The molecule has 0 saturated carbocycles. The van der Waals surface area contributed by atoms with Crippen LogP contribution in [0.3, 0.4) is 0 Å². The van der Waals surface area contributed by atoms with Gasteiger partial charge in [-0.05, 0) is 48.7 Å². The number of hydrogen-bond acceptors (Lipinski definition) is 4. The summed E-state index contributed by atoms with van der Waals surface area (Å²) in [6.45, 7) is 2.74. The van der Waals surface area contributed by atoms with Crippen molar-refractivity contribution in [2.24, 2.45) is 0 Å². The van der Waals surface area contributed by atoms with Crippen molar-refractivity contribution < 1.29 is 4.74 Å². The van der Waals surface area contributed by atoms with Gasteiger partial charge in [0.05, 0.1) is 7.11 Å². The van der Waals surface area contributed by atoms with Crippen molar-refractivity contribution in [2.75, 3.05) is 7.11 Å². The molecule has 4 rings (SSSR count). The molecule has 1 aliphatic heterocycles. The first-order valence-electron chi connectivity index (χ1n) is 8.42. The minimum absolute atomic E-state index is 0.121. The first kappa shape index (κ1) is 15.6. The highest BCUT2D eigenvalue weighted by Gasteiger charge is 2.26. The molecular weight excluding hydrogens is 316 g/mol. The maximum absolute atomic E-state index is 12.8. The second kappa shape index (κ2) is 6.20. The minimum atomic E-state index is -0.121. The Morgan fingerprint density at radius 1 is 1.24 bits per heavy atom. The zero-order chi connectivity index (χ0) is 17.4. The van der Waals surface area contributed by atoms with E-state index in [-0.39, 0.29) is 5.69 Å². The van der Waals surface area contributed by atoms with Gasteiger partial charge in [0.15, 0.2) is 5.82 Å². The number of benzene rings is 1. The molecule has 1 aromatic carbocycles. The second-order valence-corrected chi connectivity index (χ2v) is 6.37. The van der Waals surface area contributed by atoms with Crippen LogP contribution in [-0.2, 0) is 13.0 Å². The summed E-state index contributed by atoms with van der Waals surface area (Å²) in [6.07, 6.45) is 3.43. The van der Waals surface area contributed by atoms with Crippen LogP contribution in [0.2, 0.25) is 0 Å². The Labute approximate surface area is 145 Å². The molecule has 1 atom stereocenters. The van der Waals surface area contributed by atoms with Crippen molar-refractivity contribution in [2.45, 2.75) is 32.2 Å². The fourth-order valence-corrected chi connectivity index (χ4v) is 3.54. The second-order valence-electron chi connectivity index (χ2n) is 6.37. The van der Waals surface area contributed by atoms with Crippen LogP contribution in [0, 0.1) is 6.92 Å². The molecule has 1 unspecified atom stereocenters. The van der Waals surface area contributed by atoms with E-state index < -0.39 is 0 Å². The van der Waals surface area contributed by atoms with Crippen molar-refractivity contribution in [1.29, 1.82) is 0 Å². The lowest BCUT2D eigenvalue weighted by molar-refractivity contribution is 0.412. The standard InChI is InChI=1S/C19H20N4O2/c1-13-11-15(25-2)7-8-16(13)14-6-9-18-21-23(19(24)22(18)12-14)17-5-3-4-10-20-17/h3-5,7-8,10-11,14H,6,9,12H2,1-2H3. The van der Waals surface area contributed by atoms with Crippen LogP contribution in [0.25, 0.3) is 5.82 Å². The number of methoxy groups -OCH3 is 1. The average molecular weight is 336 g/mol. The van der Waals surface area contributed by atoms with Crippen molar-refractivity contribution in [3.63, 3.8) is 0 Å². The minimum Gasteiger partial charge on any atom is -0.497 e. The summed E-state index contributed by atoms with van der Waals surface area (Å²) in [5.74, 6) is 2.56. The largest absolute Gasteiger partial charge is 0.497 e. The SMILES string of the molecule is COc1ccc(C2CCc3nn(-c4ccccn4)c(=O)n3C2)c(C)c1. The summed E-state index contributed by atoms with van der Waals surface area (Å²) in [5, 5.41) is 4.48. The Morgan fingerprint density at radius 3 is 2.84 bits per heavy atom. The van der Waals surface area contributed by atoms with Gasteiger partial charge in [0, 0.05) is 25.1 Å². The summed E-state index contributed by atoms with van der Waals surface area (Å²) in [7, 11) is 1.67. The Morgan fingerprint density at radius 2 is 2.12 bits per heavy atom. The van der Waals surface area contributed by atoms with Gasteiger partial charge in [0.25, 0.3) is 0 Å². The smallest absolute Gasteiger partial charge is 0.352 e. The summed E-state index contributed by atoms with van der Waals surface area (Å²) in [4.78, 5) is 17.0. The van der Waals surface area contributed by atoms with Crippen LogP contribution < -0.4 is 10.4 Å². The number of aromatic nitrogens is 4. The molecule has 6 heteroatoms. The fraction of sp³-hybridized carbons (Fsp3) is 0.316. The average Bonchev–Trinajstić information content (AvgIpc) is 2.98. The van der Waals surface area contributed by atoms with E-state index in [9.17, 15) is 4.79 Å². The summed E-state index contributed by atoms with van der Waals surface area (Å²) < 4.78 is 8.48. The number of rotatable bonds is 3. The Kier molecular flexibility index (Phi) is 3.87. The highest BCUT2D eigenvalue weighted by Crippen LogP contribution is 2.31. The number of aryl methyl sites for hydroxylation is 2. The van der Waals surface area contributed by atoms with Crippen molar-refractivity contribution in [3.05, 3.63) is 70.0 Å². The molecule has 128 valence electrons. The molecule has 6 nitrogen and oxygen atoms in total. The van der Waals surface area contributed by atoms with E-state index in [4.69, 9.17) is 4.74 Å². The van der Waals surface area contributed by atoms with E-state index in [1.807, 2.05) is 24.3 Å². The first-order valence-corrected chi connectivity index (χ1v) is 8.42. The zero-order valence-corrected chi connectivity index (χ0v) is 14.3. The van der Waals surface area contributed by atoms with E-state index in [0.717, 1.165) is 24.4 Å². The molecule has 0 amide bonds. The lowest BCUT2D eigenvalue weighted by atomic mass is 9.88. The molecule has 0 spiro atoms. The number of ether oxygens (including phenoxy) is 1.